The topological polar surface area (TPSA) is 69.4 Å². The summed E-state index contributed by atoms with van der Waals surface area (Å²) in [7, 11) is -1.97. The molecule has 0 saturated heterocycles. The van der Waals surface area contributed by atoms with E-state index >= 15 is 0 Å². The van der Waals surface area contributed by atoms with Crippen LogP contribution in [0.4, 0.5) is 0 Å². The highest BCUT2D eigenvalue weighted by molar-refractivity contribution is 7.92. The second-order valence-corrected chi connectivity index (χ2v) is 9.19. The lowest BCUT2D eigenvalue weighted by molar-refractivity contribution is 0.142. The third-order valence-electron chi connectivity index (χ3n) is 5.06. The van der Waals surface area contributed by atoms with Gasteiger partial charge >= 0.3 is 0 Å². The van der Waals surface area contributed by atoms with Crippen LogP contribution < -0.4 is 5.73 Å². The van der Waals surface area contributed by atoms with E-state index in [0.29, 0.717) is 9.92 Å². The van der Waals surface area contributed by atoms with Crippen molar-refractivity contribution in [2.24, 2.45) is 11.1 Å². The van der Waals surface area contributed by atoms with E-state index in [0.717, 1.165) is 11.1 Å². The quantitative estimate of drug-likeness (QED) is 0.836. The fraction of sp³-hybridized carbons (Fsp3) is 0.368. The van der Waals surface area contributed by atoms with E-state index in [1.54, 1.807) is 25.3 Å². The van der Waals surface area contributed by atoms with Crippen LogP contribution in [0.2, 0.25) is 5.02 Å². The van der Waals surface area contributed by atoms with Gasteiger partial charge in [0.25, 0.3) is 0 Å². The van der Waals surface area contributed by atoms with Gasteiger partial charge < -0.3 is 10.5 Å². The van der Waals surface area contributed by atoms with Crippen LogP contribution in [0.5, 0.6) is 0 Å². The predicted octanol–water partition coefficient (Wildman–Crippen LogP) is 3.18. The maximum atomic E-state index is 13.3. The highest BCUT2D eigenvalue weighted by Crippen LogP contribution is 2.63. The second kappa shape index (κ2) is 6.72. The van der Waals surface area contributed by atoms with Gasteiger partial charge in [-0.3, -0.25) is 0 Å². The molecule has 1 aliphatic rings. The number of methoxy groups -OCH3 is 1. The first-order valence-electron chi connectivity index (χ1n) is 8.12. The van der Waals surface area contributed by atoms with Crippen molar-refractivity contribution >= 4 is 21.4 Å². The lowest BCUT2D eigenvalue weighted by Crippen LogP contribution is -2.28. The van der Waals surface area contributed by atoms with Gasteiger partial charge in [-0.15, -0.1) is 0 Å². The van der Waals surface area contributed by atoms with Gasteiger partial charge in [0.15, 0.2) is 9.84 Å². The summed E-state index contributed by atoms with van der Waals surface area (Å²) in [5.74, 6) is -0.234. The molecule has 2 aromatic carbocycles. The van der Waals surface area contributed by atoms with E-state index in [1.165, 1.54) is 0 Å². The van der Waals surface area contributed by atoms with Gasteiger partial charge in [0.1, 0.15) is 0 Å². The van der Waals surface area contributed by atoms with Crippen LogP contribution in [-0.2, 0) is 14.6 Å². The molecule has 1 aliphatic carbocycles. The van der Waals surface area contributed by atoms with Gasteiger partial charge in [-0.05, 0) is 36.8 Å². The molecule has 0 aromatic heterocycles. The van der Waals surface area contributed by atoms with E-state index < -0.39 is 20.5 Å². The minimum Gasteiger partial charge on any atom is -0.384 e. The maximum absolute atomic E-state index is 13.3. The van der Waals surface area contributed by atoms with Crippen LogP contribution in [0.15, 0.2) is 53.4 Å². The molecule has 3 unspecified atom stereocenters. The van der Waals surface area contributed by atoms with Gasteiger partial charge in [-0.2, -0.15) is 0 Å². The highest BCUT2D eigenvalue weighted by Gasteiger charge is 2.70. The van der Waals surface area contributed by atoms with Crippen LogP contribution >= 0.6 is 11.6 Å². The first-order chi connectivity index (χ1) is 11.9. The van der Waals surface area contributed by atoms with Crippen LogP contribution in [0.25, 0.3) is 0 Å². The molecule has 0 bridgehead atoms. The summed E-state index contributed by atoms with van der Waals surface area (Å²) < 4.78 is 31.9. The van der Waals surface area contributed by atoms with Crippen molar-refractivity contribution in [3.8, 4) is 0 Å². The zero-order valence-electron chi connectivity index (χ0n) is 14.3. The number of sulfone groups is 1. The summed E-state index contributed by atoms with van der Waals surface area (Å²) in [4.78, 5) is 0.321. The Kier molecular flexibility index (Phi) is 4.95. The molecule has 1 saturated carbocycles. The first-order valence-corrected chi connectivity index (χ1v) is 10.0. The Morgan fingerprint density at radius 3 is 2.44 bits per heavy atom. The molecular weight excluding hydrogens is 358 g/mol. The monoisotopic (exact) mass is 379 g/mol. The number of aryl methyl sites for hydroxylation is 1. The number of ether oxygens (including phenoxy) is 1. The summed E-state index contributed by atoms with van der Waals surface area (Å²) in [5.41, 5.74) is 7.30. The van der Waals surface area contributed by atoms with Gasteiger partial charge in [-0.25, -0.2) is 8.42 Å². The molecule has 0 amide bonds. The summed E-state index contributed by atoms with van der Waals surface area (Å²) >= 11 is 6.11. The maximum Gasteiger partial charge on any atom is 0.182 e. The van der Waals surface area contributed by atoms with Crippen LogP contribution in [0.1, 0.15) is 17.0 Å². The van der Waals surface area contributed by atoms with Gasteiger partial charge in [0.05, 0.1) is 16.8 Å². The van der Waals surface area contributed by atoms with Crippen molar-refractivity contribution in [2.45, 2.75) is 23.0 Å². The van der Waals surface area contributed by atoms with Crippen molar-refractivity contribution in [3.63, 3.8) is 0 Å². The zero-order chi connectivity index (χ0) is 18.2. The van der Waals surface area contributed by atoms with E-state index in [2.05, 4.69) is 0 Å². The van der Waals surface area contributed by atoms with Crippen molar-refractivity contribution < 1.29 is 13.2 Å². The second-order valence-electron chi connectivity index (χ2n) is 6.68. The highest BCUT2D eigenvalue weighted by atomic mass is 35.5. The molecule has 0 spiro atoms. The molecule has 3 rings (SSSR count). The summed E-state index contributed by atoms with van der Waals surface area (Å²) in [5, 5.41) is -0.0367. The number of hydrogen-bond acceptors (Lipinski definition) is 4. The van der Waals surface area contributed by atoms with Crippen LogP contribution in [0.3, 0.4) is 0 Å². The first kappa shape index (κ1) is 18.4. The molecule has 6 heteroatoms. The Hall–Kier alpha value is -1.40. The normalized spacial score (nSPS) is 25.8. The van der Waals surface area contributed by atoms with Crippen molar-refractivity contribution in [3.05, 3.63) is 64.7 Å². The van der Waals surface area contributed by atoms with Crippen molar-refractivity contribution in [1.29, 1.82) is 0 Å². The third-order valence-corrected chi connectivity index (χ3v) is 7.64. The fourth-order valence-corrected chi connectivity index (χ4v) is 6.41. The average Bonchev–Trinajstić information content (AvgIpc) is 3.26. The standard InChI is InChI=1S/C19H22ClNO3S/c1-13-6-8-16(9-7-13)25(22,23)18-17(19(18,11-21)12-24-2)14-4-3-5-15(20)10-14/h3-10,17-18H,11-12,21H2,1-2H3. The van der Waals surface area contributed by atoms with E-state index in [9.17, 15) is 8.42 Å². The number of halogens is 1. The number of benzene rings is 2. The minimum atomic E-state index is -3.54. The molecule has 2 aromatic rings. The molecule has 1 fully saturated rings. The lowest BCUT2D eigenvalue weighted by atomic mass is 10.00. The van der Waals surface area contributed by atoms with Gasteiger partial charge in [-0.1, -0.05) is 41.4 Å². The fourth-order valence-electron chi connectivity index (χ4n) is 3.77. The molecular formula is C19H22ClNO3S. The Morgan fingerprint density at radius 1 is 1.20 bits per heavy atom. The number of nitrogens with two attached hydrogens (primary N) is 1. The van der Waals surface area contributed by atoms with Crippen LogP contribution in [-0.4, -0.2) is 33.9 Å². The molecule has 25 heavy (non-hydrogen) atoms. The zero-order valence-corrected chi connectivity index (χ0v) is 15.8. The van der Waals surface area contributed by atoms with Crippen molar-refractivity contribution in [2.75, 3.05) is 20.3 Å². The Labute approximate surface area is 153 Å². The molecule has 2 N–H and O–H groups in total. The lowest BCUT2D eigenvalue weighted by Gasteiger charge is -2.15. The summed E-state index contributed by atoms with van der Waals surface area (Å²) in [6.07, 6.45) is 0. The molecule has 134 valence electrons. The van der Waals surface area contributed by atoms with Gasteiger partial charge in [0, 0.05) is 30.0 Å². The minimum absolute atomic E-state index is 0.230. The number of rotatable bonds is 6. The molecule has 0 aliphatic heterocycles. The van der Waals surface area contributed by atoms with E-state index in [4.69, 9.17) is 22.1 Å². The van der Waals surface area contributed by atoms with Gasteiger partial charge in [0.2, 0.25) is 0 Å². The van der Waals surface area contributed by atoms with Crippen molar-refractivity contribution in [1.82, 2.24) is 0 Å². The third kappa shape index (κ3) is 3.10. The molecule has 4 nitrogen and oxygen atoms in total. The van der Waals surface area contributed by atoms with E-state index in [1.807, 2.05) is 37.3 Å². The SMILES string of the molecule is COCC1(CN)C(c2cccc(Cl)c2)C1S(=O)(=O)c1ccc(C)cc1. The summed E-state index contributed by atoms with van der Waals surface area (Å²) in [6, 6.07) is 14.3. The van der Waals surface area contributed by atoms with Crippen LogP contribution in [0, 0.1) is 12.3 Å². The Bertz CT molecular complexity index is 866. The average molecular weight is 380 g/mol. The smallest absolute Gasteiger partial charge is 0.182 e. The largest absolute Gasteiger partial charge is 0.384 e. The number of hydrogen-bond donors (Lipinski definition) is 1. The Balaban J connectivity index is 2.07. The predicted molar refractivity (Wildman–Crippen MR) is 99.7 cm³/mol. The Morgan fingerprint density at radius 2 is 1.88 bits per heavy atom. The molecule has 0 radical (unpaired) electrons. The summed E-state index contributed by atoms with van der Waals surface area (Å²) in [6.45, 7) is 2.45. The van der Waals surface area contributed by atoms with E-state index in [-0.39, 0.29) is 19.1 Å². The molecule has 3 atom stereocenters. The molecule has 0 heterocycles.